The van der Waals surface area contributed by atoms with Crippen LogP contribution in [0.15, 0.2) is 0 Å². The summed E-state index contributed by atoms with van der Waals surface area (Å²) < 4.78 is 0. The Labute approximate surface area is 98.4 Å². The zero-order valence-electron chi connectivity index (χ0n) is 10.3. The second kappa shape index (κ2) is 6.55. The molecule has 0 saturated heterocycles. The van der Waals surface area contributed by atoms with Crippen LogP contribution in [-0.2, 0) is 4.79 Å². The van der Waals surface area contributed by atoms with Crippen LogP contribution >= 0.6 is 0 Å². The summed E-state index contributed by atoms with van der Waals surface area (Å²) in [5.41, 5.74) is 0. The fourth-order valence-electron chi connectivity index (χ4n) is 2.15. The molecule has 1 aliphatic carbocycles. The van der Waals surface area contributed by atoms with E-state index in [0.717, 1.165) is 5.92 Å². The highest BCUT2D eigenvalue weighted by atomic mass is 16.2. The Morgan fingerprint density at radius 3 is 2.62 bits per heavy atom. The number of carbonyl (C=O) groups is 1. The third-order valence-corrected chi connectivity index (χ3v) is 3.26. The largest absolute Gasteiger partial charge is 0.344 e. The van der Waals surface area contributed by atoms with Crippen LogP contribution in [0.4, 0.5) is 0 Å². The van der Waals surface area contributed by atoms with Crippen LogP contribution in [0, 0.1) is 18.3 Å². The van der Waals surface area contributed by atoms with Crippen molar-refractivity contribution < 1.29 is 4.79 Å². The molecule has 0 radical (unpaired) electrons. The standard InChI is InChI=1S/C13H22N2O/c1-4-9-14-13(16)11(3)15-12-7-5-10(2)6-8-12/h1,10-12,15H,5-9H2,2-3H3,(H,14,16). The van der Waals surface area contributed by atoms with Crippen molar-refractivity contribution in [2.75, 3.05) is 6.54 Å². The average Bonchev–Trinajstić information content (AvgIpc) is 2.29. The Morgan fingerprint density at radius 2 is 2.06 bits per heavy atom. The van der Waals surface area contributed by atoms with E-state index in [0.29, 0.717) is 12.6 Å². The van der Waals surface area contributed by atoms with Crippen LogP contribution in [0.2, 0.25) is 0 Å². The van der Waals surface area contributed by atoms with E-state index in [4.69, 9.17) is 6.42 Å². The molecule has 0 aromatic rings. The van der Waals surface area contributed by atoms with Gasteiger partial charge in [-0.1, -0.05) is 12.8 Å². The fourth-order valence-corrected chi connectivity index (χ4v) is 2.15. The molecule has 3 heteroatoms. The Hall–Kier alpha value is -1.01. The molecule has 0 spiro atoms. The van der Waals surface area contributed by atoms with Crippen molar-refractivity contribution in [2.24, 2.45) is 5.92 Å². The molecule has 1 rings (SSSR count). The highest BCUT2D eigenvalue weighted by Gasteiger charge is 2.21. The quantitative estimate of drug-likeness (QED) is 0.704. The first-order valence-corrected chi connectivity index (χ1v) is 6.10. The molecular weight excluding hydrogens is 200 g/mol. The first-order valence-electron chi connectivity index (χ1n) is 6.10. The van der Waals surface area contributed by atoms with Gasteiger partial charge in [-0.2, -0.15) is 0 Å². The second-order valence-corrected chi connectivity index (χ2v) is 4.77. The summed E-state index contributed by atoms with van der Waals surface area (Å²) in [5.74, 6) is 3.24. The van der Waals surface area contributed by atoms with E-state index in [9.17, 15) is 4.79 Å². The predicted molar refractivity (Wildman–Crippen MR) is 65.9 cm³/mol. The van der Waals surface area contributed by atoms with Gasteiger partial charge >= 0.3 is 0 Å². The van der Waals surface area contributed by atoms with Crippen LogP contribution in [-0.4, -0.2) is 24.5 Å². The summed E-state index contributed by atoms with van der Waals surface area (Å²) in [7, 11) is 0. The van der Waals surface area contributed by atoms with Gasteiger partial charge in [0.05, 0.1) is 12.6 Å². The number of amides is 1. The monoisotopic (exact) mass is 222 g/mol. The van der Waals surface area contributed by atoms with Crippen molar-refractivity contribution in [1.82, 2.24) is 10.6 Å². The first kappa shape index (κ1) is 13.1. The topological polar surface area (TPSA) is 41.1 Å². The van der Waals surface area contributed by atoms with Crippen LogP contribution < -0.4 is 10.6 Å². The van der Waals surface area contributed by atoms with Gasteiger partial charge in [-0.25, -0.2) is 0 Å². The predicted octanol–water partition coefficient (Wildman–Crippen LogP) is 1.29. The zero-order valence-corrected chi connectivity index (χ0v) is 10.3. The zero-order chi connectivity index (χ0) is 12.0. The average molecular weight is 222 g/mol. The highest BCUT2D eigenvalue weighted by Crippen LogP contribution is 2.23. The molecule has 1 atom stereocenters. The van der Waals surface area contributed by atoms with Crippen molar-refractivity contribution in [1.29, 1.82) is 0 Å². The molecule has 16 heavy (non-hydrogen) atoms. The lowest BCUT2D eigenvalue weighted by Gasteiger charge is -2.29. The SMILES string of the molecule is C#CCNC(=O)C(C)NC1CCC(C)CC1. The molecule has 0 heterocycles. The molecule has 2 N–H and O–H groups in total. The summed E-state index contributed by atoms with van der Waals surface area (Å²) in [6, 6.07) is 0.342. The lowest BCUT2D eigenvalue weighted by Crippen LogP contribution is -2.47. The van der Waals surface area contributed by atoms with Gasteiger partial charge in [-0.3, -0.25) is 4.79 Å². The molecule has 0 bridgehead atoms. The number of hydrogen-bond donors (Lipinski definition) is 2. The third kappa shape index (κ3) is 4.24. The van der Waals surface area contributed by atoms with E-state index in [1.54, 1.807) is 0 Å². The van der Waals surface area contributed by atoms with Crippen LogP contribution in [0.25, 0.3) is 0 Å². The van der Waals surface area contributed by atoms with Gasteiger partial charge in [-0.15, -0.1) is 6.42 Å². The van der Waals surface area contributed by atoms with E-state index < -0.39 is 0 Å². The van der Waals surface area contributed by atoms with Gasteiger partial charge in [-0.05, 0) is 38.5 Å². The summed E-state index contributed by atoms with van der Waals surface area (Å²) in [5, 5.41) is 6.06. The van der Waals surface area contributed by atoms with E-state index in [-0.39, 0.29) is 11.9 Å². The van der Waals surface area contributed by atoms with Crippen molar-refractivity contribution >= 4 is 5.91 Å². The van der Waals surface area contributed by atoms with Crippen molar-refractivity contribution in [3.63, 3.8) is 0 Å². The van der Waals surface area contributed by atoms with Crippen molar-refractivity contribution in [3.05, 3.63) is 0 Å². The maximum atomic E-state index is 11.6. The van der Waals surface area contributed by atoms with E-state index in [2.05, 4.69) is 23.5 Å². The van der Waals surface area contributed by atoms with Gasteiger partial charge in [0, 0.05) is 6.04 Å². The van der Waals surface area contributed by atoms with Crippen molar-refractivity contribution in [2.45, 2.75) is 51.6 Å². The lowest BCUT2D eigenvalue weighted by molar-refractivity contribution is -0.122. The van der Waals surface area contributed by atoms with E-state index in [1.807, 2.05) is 6.92 Å². The van der Waals surface area contributed by atoms with Gasteiger partial charge in [0.2, 0.25) is 5.91 Å². The first-order chi connectivity index (χ1) is 7.63. The molecule has 1 aliphatic rings. The number of rotatable bonds is 4. The molecule has 3 nitrogen and oxygen atoms in total. The maximum Gasteiger partial charge on any atom is 0.237 e. The minimum Gasteiger partial charge on any atom is -0.344 e. The molecule has 0 aromatic carbocycles. The number of carbonyl (C=O) groups excluding carboxylic acids is 1. The highest BCUT2D eigenvalue weighted by molar-refractivity contribution is 5.81. The van der Waals surface area contributed by atoms with E-state index in [1.165, 1.54) is 25.7 Å². The van der Waals surface area contributed by atoms with Gasteiger partial charge < -0.3 is 10.6 Å². The van der Waals surface area contributed by atoms with Crippen LogP contribution in [0.5, 0.6) is 0 Å². The Morgan fingerprint density at radius 1 is 1.44 bits per heavy atom. The Kier molecular flexibility index (Phi) is 5.34. The summed E-state index contributed by atoms with van der Waals surface area (Å²) in [4.78, 5) is 11.6. The smallest absolute Gasteiger partial charge is 0.237 e. The molecule has 1 saturated carbocycles. The Bertz CT molecular complexity index is 262. The molecule has 90 valence electrons. The summed E-state index contributed by atoms with van der Waals surface area (Å²) in [6.07, 6.45) is 9.96. The molecule has 0 aromatic heterocycles. The van der Waals surface area contributed by atoms with Crippen LogP contribution in [0.1, 0.15) is 39.5 Å². The molecule has 0 aliphatic heterocycles. The minimum absolute atomic E-state index is 0.00317. The Balaban J connectivity index is 2.25. The van der Waals surface area contributed by atoms with Crippen molar-refractivity contribution in [3.8, 4) is 12.3 Å². The summed E-state index contributed by atoms with van der Waals surface area (Å²) >= 11 is 0. The lowest BCUT2D eigenvalue weighted by atomic mass is 9.87. The number of terminal acetylenes is 1. The van der Waals surface area contributed by atoms with E-state index >= 15 is 0 Å². The van der Waals surface area contributed by atoms with Crippen LogP contribution in [0.3, 0.4) is 0 Å². The molecule has 1 amide bonds. The maximum absolute atomic E-state index is 11.6. The van der Waals surface area contributed by atoms with Gasteiger partial charge in [0.1, 0.15) is 0 Å². The number of nitrogens with one attached hydrogen (secondary N) is 2. The normalized spacial score (nSPS) is 26.8. The van der Waals surface area contributed by atoms with Gasteiger partial charge in [0.15, 0.2) is 0 Å². The number of hydrogen-bond acceptors (Lipinski definition) is 2. The molecular formula is C13H22N2O. The summed E-state index contributed by atoms with van der Waals surface area (Å²) in [6.45, 7) is 4.50. The molecule has 1 unspecified atom stereocenters. The third-order valence-electron chi connectivity index (χ3n) is 3.26. The minimum atomic E-state index is -0.147. The molecule has 1 fully saturated rings. The van der Waals surface area contributed by atoms with Gasteiger partial charge in [0.25, 0.3) is 0 Å². The second-order valence-electron chi connectivity index (χ2n) is 4.77. The fraction of sp³-hybridized carbons (Fsp3) is 0.769.